The Kier molecular flexibility index (Phi) is 2.89. The predicted octanol–water partition coefficient (Wildman–Crippen LogP) is -0.449. The lowest BCUT2D eigenvalue weighted by Crippen LogP contribution is -2.15. The zero-order chi connectivity index (χ0) is 12.3. The Labute approximate surface area is 96.1 Å². The first kappa shape index (κ1) is 11.3. The topological polar surface area (TPSA) is 136 Å². The molecule has 0 bridgehead atoms. The molecular weight excluding hydrogens is 248 g/mol. The minimum absolute atomic E-state index is 0.0994. The molecule has 0 spiro atoms. The van der Waals surface area contributed by atoms with Crippen LogP contribution < -0.4 is 16.0 Å². The van der Waals surface area contributed by atoms with Gasteiger partial charge in [-0.1, -0.05) is 5.16 Å². The smallest absolute Gasteiger partial charge is 0.265 e. The van der Waals surface area contributed by atoms with Gasteiger partial charge in [0.2, 0.25) is 5.95 Å². The highest BCUT2D eigenvalue weighted by Gasteiger charge is 2.16. The molecule has 2 aromatic heterocycles. The predicted molar refractivity (Wildman–Crippen MR) is 57.2 cm³/mol. The van der Waals surface area contributed by atoms with Crippen LogP contribution in [0.25, 0.3) is 0 Å². The van der Waals surface area contributed by atoms with Gasteiger partial charge in [0.05, 0.1) is 18.6 Å². The van der Waals surface area contributed by atoms with E-state index < -0.39 is 10.0 Å². The van der Waals surface area contributed by atoms with E-state index in [0.717, 1.165) is 18.7 Å². The first-order valence-electron chi connectivity index (χ1n) is 4.33. The average Bonchev–Trinajstić information content (AvgIpc) is 2.81. The van der Waals surface area contributed by atoms with Crippen molar-refractivity contribution in [2.75, 3.05) is 10.1 Å². The van der Waals surface area contributed by atoms with Gasteiger partial charge in [-0.2, -0.15) is 0 Å². The monoisotopic (exact) mass is 256 g/mol. The van der Waals surface area contributed by atoms with Crippen molar-refractivity contribution >= 4 is 21.7 Å². The van der Waals surface area contributed by atoms with Crippen LogP contribution in [0, 0.1) is 0 Å². The van der Waals surface area contributed by atoms with Gasteiger partial charge < -0.3 is 4.52 Å². The van der Waals surface area contributed by atoms with E-state index in [2.05, 4.69) is 29.8 Å². The third-order valence-corrected chi connectivity index (χ3v) is 3.09. The summed E-state index contributed by atoms with van der Waals surface area (Å²) in [6.07, 6.45) is 4.64. The molecule has 0 radical (unpaired) electrons. The zero-order valence-electron chi connectivity index (χ0n) is 8.36. The SMILES string of the molecule is NNc1ncc(S(=O)(=O)Nc2cnoc2)cn1. The molecule has 0 amide bonds. The molecule has 17 heavy (non-hydrogen) atoms. The Morgan fingerprint density at radius 2 is 1.94 bits per heavy atom. The molecule has 2 aromatic rings. The maximum Gasteiger partial charge on any atom is 0.265 e. The molecule has 4 N–H and O–H groups in total. The number of nitrogens with zero attached hydrogens (tertiary/aromatic N) is 3. The molecule has 0 atom stereocenters. The third-order valence-electron chi connectivity index (χ3n) is 1.75. The molecule has 0 saturated heterocycles. The second kappa shape index (κ2) is 4.35. The first-order chi connectivity index (χ1) is 8.12. The number of sulfonamides is 1. The summed E-state index contributed by atoms with van der Waals surface area (Å²) in [5.41, 5.74) is 2.40. The summed E-state index contributed by atoms with van der Waals surface area (Å²) in [7, 11) is -3.75. The third kappa shape index (κ3) is 2.49. The summed E-state index contributed by atoms with van der Waals surface area (Å²) < 4.78 is 30.3. The van der Waals surface area contributed by atoms with Crippen molar-refractivity contribution in [1.82, 2.24) is 15.1 Å². The number of rotatable bonds is 4. The quantitative estimate of drug-likeness (QED) is 0.494. The zero-order valence-corrected chi connectivity index (χ0v) is 9.18. The first-order valence-corrected chi connectivity index (χ1v) is 5.81. The fourth-order valence-corrected chi connectivity index (χ4v) is 1.91. The summed E-state index contributed by atoms with van der Waals surface area (Å²) in [5.74, 6) is 5.18. The minimum Gasteiger partial charge on any atom is -0.362 e. The Morgan fingerprint density at radius 1 is 1.24 bits per heavy atom. The van der Waals surface area contributed by atoms with Gasteiger partial charge in [-0.25, -0.2) is 24.2 Å². The van der Waals surface area contributed by atoms with E-state index in [1.165, 1.54) is 6.20 Å². The molecule has 0 unspecified atom stereocenters. The molecule has 0 aliphatic heterocycles. The van der Waals surface area contributed by atoms with Gasteiger partial charge in [0.25, 0.3) is 10.0 Å². The van der Waals surface area contributed by atoms with Gasteiger partial charge in [0.15, 0.2) is 0 Å². The van der Waals surface area contributed by atoms with Gasteiger partial charge in [0.1, 0.15) is 16.8 Å². The molecule has 10 heteroatoms. The molecule has 0 fully saturated rings. The number of hydrazine groups is 1. The number of hydrogen-bond donors (Lipinski definition) is 3. The number of anilines is 2. The lowest BCUT2D eigenvalue weighted by atomic mass is 10.6. The molecule has 2 heterocycles. The van der Waals surface area contributed by atoms with Crippen LogP contribution in [-0.4, -0.2) is 23.5 Å². The summed E-state index contributed by atoms with van der Waals surface area (Å²) in [4.78, 5) is 7.28. The number of aromatic nitrogens is 3. The lowest BCUT2D eigenvalue weighted by Gasteiger charge is -2.04. The Bertz CT molecular complexity index is 579. The van der Waals surface area contributed by atoms with E-state index in [1.807, 2.05) is 0 Å². The van der Waals surface area contributed by atoms with Crippen molar-refractivity contribution in [2.45, 2.75) is 4.90 Å². The van der Waals surface area contributed by atoms with Crippen LogP contribution in [0.3, 0.4) is 0 Å². The molecule has 2 rings (SSSR count). The van der Waals surface area contributed by atoms with Crippen LogP contribution in [0.1, 0.15) is 0 Å². The molecule has 0 saturated carbocycles. The number of nitrogens with two attached hydrogens (primary N) is 1. The van der Waals surface area contributed by atoms with Crippen molar-refractivity contribution < 1.29 is 12.9 Å². The minimum atomic E-state index is -3.75. The molecule has 9 nitrogen and oxygen atoms in total. The van der Waals surface area contributed by atoms with Crippen molar-refractivity contribution in [1.29, 1.82) is 0 Å². The standard InChI is InChI=1S/C7H8N6O3S/c8-12-7-9-2-6(3-10-7)17(14,15)13-5-1-11-16-4-5/h1-4,13H,8H2,(H,9,10,12). The highest BCUT2D eigenvalue weighted by atomic mass is 32.2. The molecule has 0 aromatic carbocycles. The molecular formula is C7H8N6O3S. The Balaban J connectivity index is 2.25. The van der Waals surface area contributed by atoms with Crippen molar-refractivity contribution in [2.24, 2.45) is 5.84 Å². The second-order valence-electron chi connectivity index (χ2n) is 2.91. The van der Waals surface area contributed by atoms with Crippen molar-refractivity contribution in [3.8, 4) is 0 Å². The lowest BCUT2D eigenvalue weighted by molar-refractivity contribution is 0.420. The molecule has 0 aliphatic carbocycles. The van der Waals surface area contributed by atoms with Crippen LogP contribution in [0.5, 0.6) is 0 Å². The summed E-state index contributed by atoms with van der Waals surface area (Å²) in [6.45, 7) is 0. The highest BCUT2D eigenvalue weighted by molar-refractivity contribution is 7.92. The number of nitrogens with one attached hydrogen (secondary N) is 2. The summed E-state index contributed by atoms with van der Waals surface area (Å²) in [5, 5.41) is 3.37. The summed E-state index contributed by atoms with van der Waals surface area (Å²) >= 11 is 0. The average molecular weight is 256 g/mol. The van der Waals surface area contributed by atoms with Crippen LogP contribution >= 0.6 is 0 Å². The fourth-order valence-electron chi connectivity index (χ4n) is 0.999. The van der Waals surface area contributed by atoms with Crippen LogP contribution in [0.2, 0.25) is 0 Å². The van der Waals surface area contributed by atoms with E-state index >= 15 is 0 Å². The normalized spacial score (nSPS) is 11.1. The largest absolute Gasteiger partial charge is 0.362 e. The number of nitrogen functional groups attached to an aromatic ring is 1. The molecule has 0 aliphatic rings. The van der Waals surface area contributed by atoms with Gasteiger partial charge in [-0.15, -0.1) is 0 Å². The van der Waals surface area contributed by atoms with Crippen LogP contribution in [0.4, 0.5) is 11.6 Å². The van der Waals surface area contributed by atoms with E-state index in [0.29, 0.717) is 0 Å². The van der Waals surface area contributed by atoms with Gasteiger partial charge in [0, 0.05) is 0 Å². The van der Waals surface area contributed by atoms with Gasteiger partial charge >= 0.3 is 0 Å². The number of hydrogen-bond acceptors (Lipinski definition) is 8. The maximum absolute atomic E-state index is 11.8. The maximum atomic E-state index is 11.8. The van der Waals surface area contributed by atoms with E-state index in [9.17, 15) is 8.42 Å². The van der Waals surface area contributed by atoms with Gasteiger partial charge in [-0.05, 0) is 0 Å². The van der Waals surface area contributed by atoms with Gasteiger partial charge in [-0.3, -0.25) is 10.1 Å². The van der Waals surface area contributed by atoms with Crippen molar-refractivity contribution in [3.63, 3.8) is 0 Å². The van der Waals surface area contributed by atoms with E-state index in [4.69, 9.17) is 5.84 Å². The molecule has 90 valence electrons. The van der Waals surface area contributed by atoms with Crippen LogP contribution in [0.15, 0.2) is 34.3 Å². The van der Waals surface area contributed by atoms with E-state index in [-0.39, 0.29) is 16.5 Å². The Hall–Kier alpha value is -2.20. The Morgan fingerprint density at radius 3 is 2.47 bits per heavy atom. The van der Waals surface area contributed by atoms with Crippen molar-refractivity contribution in [3.05, 3.63) is 24.9 Å². The second-order valence-corrected chi connectivity index (χ2v) is 4.59. The summed E-state index contributed by atoms with van der Waals surface area (Å²) in [6, 6.07) is 0. The van der Waals surface area contributed by atoms with E-state index in [1.54, 1.807) is 0 Å². The fraction of sp³-hybridized carbons (Fsp3) is 0. The highest BCUT2D eigenvalue weighted by Crippen LogP contribution is 2.13. The van der Waals surface area contributed by atoms with Crippen LogP contribution in [-0.2, 0) is 10.0 Å².